The van der Waals surface area contributed by atoms with Crippen molar-refractivity contribution in [2.75, 3.05) is 6.54 Å². The van der Waals surface area contributed by atoms with Crippen LogP contribution in [-0.2, 0) is 14.8 Å². The van der Waals surface area contributed by atoms with Gasteiger partial charge in [-0.15, -0.1) is 11.3 Å². The van der Waals surface area contributed by atoms with Crippen LogP contribution in [0, 0.1) is 6.92 Å². The van der Waals surface area contributed by atoms with Crippen LogP contribution in [0.4, 0.5) is 0 Å². The van der Waals surface area contributed by atoms with Gasteiger partial charge in [-0.2, -0.15) is 4.31 Å². The molecule has 2 N–H and O–H groups in total. The number of amides is 1. The van der Waals surface area contributed by atoms with Crippen molar-refractivity contribution in [2.24, 2.45) is 5.73 Å². The minimum atomic E-state index is -3.70. The molecule has 1 aromatic carbocycles. The Labute approximate surface area is 127 Å². The molecule has 21 heavy (non-hydrogen) atoms. The van der Waals surface area contributed by atoms with E-state index >= 15 is 0 Å². The first kappa shape index (κ1) is 14.5. The number of carbonyl (C=O) groups is 1. The second kappa shape index (κ2) is 5.08. The van der Waals surface area contributed by atoms with Gasteiger partial charge in [0, 0.05) is 21.5 Å². The van der Waals surface area contributed by atoms with Gasteiger partial charge in [-0.05, 0) is 25.8 Å². The molecule has 2 aromatic rings. The number of primary amides is 1. The minimum absolute atomic E-state index is 0.316. The Morgan fingerprint density at radius 3 is 2.81 bits per heavy atom. The molecule has 0 radical (unpaired) electrons. The number of aryl methyl sites for hydroxylation is 1. The molecule has 0 aliphatic carbocycles. The maximum Gasteiger partial charge on any atom is 0.245 e. The summed E-state index contributed by atoms with van der Waals surface area (Å²) >= 11 is 1.45. The van der Waals surface area contributed by atoms with E-state index in [2.05, 4.69) is 0 Å². The fourth-order valence-corrected chi connectivity index (χ4v) is 6.33. The van der Waals surface area contributed by atoms with Gasteiger partial charge < -0.3 is 5.73 Å². The van der Waals surface area contributed by atoms with Crippen molar-refractivity contribution in [3.8, 4) is 0 Å². The molecule has 0 spiro atoms. The summed E-state index contributed by atoms with van der Waals surface area (Å²) in [4.78, 5) is 12.6. The molecule has 3 rings (SSSR count). The van der Waals surface area contributed by atoms with Gasteiger partial charge in [-0.3, -0.25) is 4.79 Å². The molecule has 0 saturated carbocycles. The number of carbonyl (C=O) groups excluding carboxylic acids is 1. The average molecular weight is 324 g/mol. The summed E-state index contributed by atoms with van der Waals surface area (Å²) in [5.41, 5.74) is 5.35. The van der Waals surface area contributed by atoms with Gasteiger partial charge in [0.1, 0.15) is 10.9 Å². The van der Waals surface area contributed by atoms with Crippen LogP contribution in [0.15, 0.2) is 29.2 Å². The van der Waals surface area contributed by atoms with E-state index in [1.807, 2.05) is 18.2 Å². The van der Waals surface area contributed by atoms with Crippen LogP contribution in [0.1, 0.15) is 17.7 Å². The monoisotopic (exact) mass is 324 g/mol. The van der Waals surface area contributed by atoms with Crippen molar-refractivity contribution in [3.05, 3.63) is 29.1 Å². The smallest absolute Gasteiger partial charge is 0.245 e. The highest BCUT2D eigenvalue weighted by molar-refractivity contribution is 7.89. The molecule has 112 valence electrons. The summed E-state index contributed by atoms with van der Waals surface area (Å²) in [5.74, 6) is -0.576. The predicted octanol–water partition coefficient (Wildman–Crippen LogP) is 1.85. The van der Waals surface area contributed by atoms with E-state index in [0.29, 0.717) is 24.3 Å². The third-order valence-electron chi connectivity index (χ3n) is 3.81. The lowest BCUT2D eigenvalue weighted by atomic mass is 10.2. The molecule has 1 aliphatic rings. The molecule has 1 fully saturated rings. The van der Waals surface area contributed by atoms with Crippen LogP contribution in [0.3, 0.4) is 0 Å². The Hall–Kier alpha value is -1.44. The first-order valence-corrected chi connectivity index (χ1v) is 8.98. The van der Waals surface area contributed by atoms with Crippen LogP contribution in [0.25, 0.3) is 10.1 Å². The Morgan fingerprint density at radius 2 is 2.10 bits per heavy atom. The molecule has 5 nitrogen and oxygen atoms in total. The van der Waals surface area contributed by atoms with E-state index in [0.717, 1.165) is 15.0 Å². The highest BCUT2D eigenvalue weighted by Gasteiger charge is 2.40. The van der Waals surface area contributed by atoms with Gasteiger partial charge in [0.2, 0.25) is 15.9 Å². The third-order valence-corrected chi connectivity index (χ3v) is 7.13. The third kappa shape index (κ3) is 2.25. The lowest BCUT2D eigenvalue weighted by Crippen LogP contribution is -2.43. The van der Waals surface area contributed by atoms with Gasteiger partial charge in [0.05, 0.1) is 0 Å². The van der Waals surface area contributed by atoms with E-state index in [1.54, 1.807) is 13.0 Å². The number of nitrogens with zero attached hydrogens (tertiary/aromatic N) is 1. The Morgan fingerprint density at radius 1 is 1.38 bits per heavy atom. The largest absolute Gasteiger partial charge is 0.368 e. The Bertz CT molecular complexity index is 811. The molecule has 1 aliphatic heterocycles. The summed E-state index contributed by atoms with van der Waals surface area (Å²) in [6.45, 7) is 2.15. The Balaban J connectivity index is 2.17. The Kier molecular flexibility index (Phi) is 3.51. The standard InChI is InChI=1S/C14H16N2O3S2/c1-9-13(10-5-2-3-7-12(10)20-9)21(18,19)16-8-4-6-11(16)14(15)17/h2-3,5,7,11H,4,6,8H2,1H3,(H2,15,17)/t11-/m1/s1. The van der Waals surface area contributed by atoms with Crippen molar-refractivity contribution < 1.29 is 13.2 Å². The lowest BCUT2D eigenvalue weighted by molar-refractivity contribution is -0.121. The van der Waals surface area contributed by atoms with Gasteiger partial charge in [0.25, 0.3) is 0 Å². The summed E-state index contributed by atoms with van der Waals surface area (Å²) < 4.78 is 28.1. The molecular weight excluding hydrogens is 308 g/mol. The summed E-state index contributed by atoms with van der Waals surface area (Å²) in [5, 5.41) is 0.718. The lowest BCUT2D eigenvalue weighted by Gasteiger charge is -2.21. The van der Waals surface area contributed by atoms with Crippen molar-refractivity contribution in [2.45, 2.75) is 30.7 Å². The number of benzene rings is 1. The van der Waals surface area contributed by atoms with Crippen molar-refractivity contribution in [3.63, 3.8) is 0 Å². The van der Waals surface area contributed by atoms with Crippen LogP contribution in [0.5, 0.6) is 0 Å². The maximum absolute atomic E-state index is 13.0. The number of hydrogen-bond acceptors (Lipinski definition) is 4. The molecule has 2 heterocycles. The zero-order chi connectivity index (χ0) is 15.2. The molecular formula is C14H16N2O3S2. The van der Waals surface area contributed by atoms with Gasteiger partial charge in [-0.25, -0.2) is 8.42 Å². The van der Waals surface area contributed by atoms with E-state index < -0.39 is 22.0 Å². The summed E-state index contributed by atoms with van der Waals surface area (Å²) in [6, 6.07) is 6.69. The minimum Gasteiger partial charge on any atom is -0.368 e. The van der Waals surface area contributed by atoms with E-state index in [-0.39, 0.29) is 0 Å². The second-order valence-electron chi connectivity index (χ2n) is 5.16. The van der Waals surface area contributed by atoms with Crippen molar-refractivity contribution in [1.29, 1.82) is 0 Å². The van der Waals surface area contributed by atoms with Crippen LogP contribution < -0.4 is 5.73 Å². The molecule has 1 aromatic heterocycles. The van der Waals surface area contributed by atoms with Gasteiger partial charge in [-0.1, -0.05) is 18.2 Å². The van der Waals surface area contributed by atoms with Crippen LogP contribution >= 0.6 is 11.3 Å². The molecule has 7 heteroatoms. The first-order valence-electron chi connectivity index (χ1n) is 6.72. The number of fused-ring (bicyclic) bond motifs is 1. The second-order valence-corrected chi connectivity index (χ2v) is 8.24. The zero-order valence-corrected chi connectivity index (χ0v) is 13.2. The highest BCUT2D eigenvalue weighted by Crippen LogP contribution is 2.37. The van der Waals surface area contributed by atoms with Gasteiger partial charge >= 0.3 is 0 Å². The highest BCUT2D eigenvalue weighted by atomic mass is 32.2. The zero-order valence-electron chi connectivity index (χ0n) is 11.6. The molecule has 1 amide bonds. The molecule has 0 unspecified atom stereocenters. The first-order chi connectivity index (χ1) is 9.93. The molecule has 1 saturated heterocycles. The summed E-state index contributed by atoms with van der Waals surface area (Å²) in [6.07, 6.45) is 1.16. The van der Waals surface area contributed by atoms with E-state index in [1.165, 1.54) is 15.6 Å². The quantitative estimate of drug-likeness (QED) is 0.935. The predicted molar refractivity (Wildman–Crippen MR) is 82.7 cm³/mol. The number of sulfonamides is 1. The fourth-order valence-electron chi connectivity index (χ4n) is 2.89. The van der Waals surface area contributed by atoms with E-state index in [9.17, 15) is 13.2 Å². The normalized spacial score (nSPS) is 20.1. The number of nitrogens with two attached hydrogens (primary N) is 1. The number of rotatable bonds is 3. The topological polar surface area (TPSA) is 80.5 Å². The average Bonchev–Trinajstić information content (AvgIpc) is 3.01. The maximum atomic E-state index is 13.0. The molecule has 0 bridgehead atoms. The summed E-state index contributed by atoms with van der Waals surface area (Å²) in [7, 11) is -3.70. The molecule has 1 atom stereocenters. The SMILES string of the molecule is Cc1sc2ccccc2c1S(=O)(=O)N1CCC[C@@H]1C(N)=O. The number of hydrogen-bond donors (Lipinski definition) is 1. The van der Waals surface area contributed by atoms with Gasteiger partial charge in [0.15, 0.2) is 0 Å². The van der Waals surface area contributed by atoms with Crippen molar-refractivity contribution >= 4 is 37.4 Å². The fraction of sp³-hybridized carbons (Fsp3) is 0.357. The number of thiophene rings is 1. The van der Waals surface area contributed by atoms with E-state index in [4.69, 9.17) is 5.73 Å². The van der Waals surface area contributed by atoms with Crippen LogP contribution in [-0.4, -0.2) is 31.2 Å². The van der Waals surface area contributed by atoms with Crippen molar-refractivity contribution in [1.82, 2.24) is 4.31 Å². The van der Waals surface area contributed by atoms with Crippen LogP contribution in [0.2, 0.25) is 0 Å².